The van der Waals surface area contributed by atoms with Gasteiger partial charge >= 0.3 is 0 Å². The van der Waals surface area contributed by atoms with E-state index in [0.29, 0.717) is 0 Å². The molecule has 3 heteroatoms. The Balaban J connectivity index is 1.57. The van der Waals surface area contributed by atoms with Crippen molar-refractivity contribution < 1.29 is 4.79 Å². The molecule has 2 nitrogen and oxygen atoms in total. The van der Waals surface area contributed by atoms with Crippen LogP contribution in [-0.4, -0.2) is 11.9 Å². The minimum absolute atomic E-state index is 0.109. The molecular formula is C20H25NOS. The summed E-state index contributed by atoms with van der Waals surface area (Å²) in [6.07, 6.45) is 5.37. The average Bonchev–Trinajstić information content (AvgIpc) is 2.97. The van der Waals surface area contributed by atoms with Crippen molar-refractivity contribution in [3.63, 3.8) is 0 Å². The van der Waals surface area contributed by atoms with Gasteiger partial charge in [-0.2, -0.15) is 0 Å². The van der Waals surface area contributed by atoms with Crippen molar-refractivity contribution >= 4 is 17.2 Å². The van der Waals surface area contributed by atoms with Crippen LogP contribution in [0.1, 0.15) is 53.1 Å². The standard InChI is InChI=1S/C20H25NOS/c1-14-8-11-17-18(13-23-19(17)12-14)20(22)21-15(2)9-10-16-6-4-3-5-7-16/h3-7,13-15H,8-12H2,1-2H3,(H,21,22)/t14-,15-/m0/s1. The quantitative estimate of drug-likeness (QED) is 0.853. The second kappa shape index (κ2) is 7.31. The number of amides is 1. The third kappa shape index (κ3) is 4.03. The number of aryl methyl sites for hydroxylation is 1. The van der Waals surface area contributed by atoms with Gasteiger partial charge in [0.1, 0.15) is 0 Å². The maximum absolute atomic E-state index is 12.6. The number of fused-ring (bicyclic) bond motifs is 1. The Bertz CT molecular complexity index is 662. The number of hydrogen-bond acceptors (Lipinski definition) is 2. The lowest BCUT2D eigenvalue weighted by Gasteiger charge is -2.19. The minimum atomic E-state index is 0.109. The highest BCUT2D eigenvalue weighted by atomic mass is 32.1. The van der Waals surface area contributed by atoms with Gasteiger partial charge in [-0.15, -0.1) is 11.3 Å². The molecule has 0 unspecified atom stereocenters. The first-order valence-electron chi connectivity index (χ1n) is 8.57. The molecule has 2 aromatic rings. The third-order valence-electron chi connectivity index (χ3n) is 4.73. The maximum atomic E-state index is 12.6. The molecule has 1 N–H and O–H groups in total. The first kappa shape index (κ1) is 16.3. The topological polar surface area (TPSA) is 29.1 Å². The molecule has 1 aromatic heterocycles. The molecule has 0 saturated carbocycles. The van der Waals surface area contributed by atoms with Gasteiger partial charge in [0, 0.05) is 16.3 Å². The summed E-state index contributed by atoms with van der Waals surface area (Å²) in [6.45, 7) is 4.40. The fraction of sp³-hybridized carbons (Fsp3) is 0.450. The molecule has 23 heavy (non-hydrogen) atoms. The molecule has 1 heterocycles. The number of carbonyl (C=O) groups excluding carboxylic acids is 1. The zero-order valence-corrected chi connectivity index (χ0v) is 14.8. The number of benzene rings is 1. The lowest BCUT2D eigenvalue weighted by atomic mass is 9.88. The van der Waals surface area contributed by atoms with Crippen LogP contribution in [-0.2, 0) is 19.3 Å². The number of thiophene rings is 1. The van der Waals surface area contributed by atoms with E-state index in [4.69, 9.17) is 0 Å². The molecule has 0 bridgehead atoms. The summed E-state index contributed by atoms with van der Waals surface area (Å²) in [4.78, 5) is 14.0. The normalized spacial score (nSPS) is 18.3. The number of carbonyl (C=O) groups is 1. The third-order valence-corrected chi connectivity index (χ3v) is 5.78. The molecule has 0 fully saturated rings. The van der Waals surface area contributed by atoms with Gasteiger partial charge in [0.2, 0.25) is 0 Å². The van der Waals surface area contributed by atoms with Crippen LogP contribution in [0.2, 0.25) is 0 Å². The van der Waals surface area contributed by atoms with Gasteiger partial charge in [0.15, 0.2) is 0 Å². The molecule has 122 valence electrons. The number of rotatable bonds is 5. The fourth-order valence-corrected chi connectivity index (χ4v) is 4.51. The van der Waals surface area contributed by atoms with Crippen molar-refractivity contribution in [2.24, 2.45) is 5.92 Å². The van der Waals surface area contributed by atoms with Crippen LogP contribution in [0, 0.1) is 5.92 Å². The summed E-state index contributed by atoms with van der Waals surface area (Å²) in [5, 5.41) is 5.24. The van der Waals surface area contributed by atoms with Gasteiger partial charge in [-0.05, 0) is 56.1 Å². The zero-order valence-electron chi connectivity index (χ0n) is 14.0. The van der Waals surface area contributed by atoms with E-state index in [2.05, 4.69) is 48.8 Å². The zero-order chi connectivity index (χ0) is 16.2. The van der Waals surface area contributed by atoms with E-state index in [1.165, 1.54) is 22.4 Å². The van der Waals surface area contributed by atoms with Crippen molar-refractivity contribution in [3.8, 4) is 0 Å². The lowest BCUT2D eigenvalue weighted by Crippen LogP contribution is -2.33. The van der Waals surface area contributed by atoms with Crippen LogP contribution < -0.4 is 5.32 Å². The van der Waals surface area contributed by atoms with Crippen LogP contribution in [0.5, 0.6) is 0 Å². The Morgan fingerprint density at radius 3 is 2.91 bits per heavy atom. The molecule has 1 aliphatic carbocycles. The van der Waals surface area contributed by atoms with E-state index in [1.54, 1.807) is 11.3 Å². The Labute approximate surface area is 142 Å². The van der Waals surface area contributed by atoms with Gasteiger partial charge in [-0.3, -0.25) is 4.79 Å². The van der Waals surface area contributed by atoms with Crippen LogP contribution in [0.25, 0.3) is 0 Å². The summed E-state index contributed by atoms with van der Waals surface area (Å²) >= 11 is 1.76. The van der Waals surface area contributed by atoms with E-state index in [1.807, 2.05) is 6.07 Å². The van der Waals surface area contributed by atoms with Crippen molar-refractivity contribution in [1.29, 1.82) is 0 Å². The molecule has 3 rings (SSSR count). The summed E-state index contributed by atoms with van der Waals surface area (Å²) in [7, 11) is 0. The highest BCUT2D eigenvalue weighted by Crippen LogP contribution is 2.32. The Morgan fingerprint density at radius 2 is 2.13 bits per heavy atom. The second-order valence-electron chi connectivity index (χ2n) is 6.80. The minimum Gasteiger partial charge on any atom is -0.350 e. The van der Waals surface area contributed by atoms with Crippen molar-refractivity contribution in [2.75, 3.05) is 0 Å². The molecule has 0 spiro atoms. The summed E-state index contributed by atoms with van der Waals surface area (Å²) < 4.78 is 0. The van der Waals surface area contributed by atoms with E-state index < -0.39 is 0 Å². The SMILES string of the molecule is C[C@H]1CCc2c(C(=O)N[C@@H](C)CCc3ccccc3)csc2C1. The van der Waals surface area contributed by atoms with Crippen molar-refractivity contribution in [3.05, 3.63) is 57.3 Å². The molecule has 1 aromatic carbocycles. The summed E-state index contributed by atoms with van der Waals surface area (Å²) in [5.74, 6) is 0.861. The molecule has 1 aliphatic rings. The van der Waals surface area contributed by atoms with E-state index >= 15 is 0 Å². The van der Waals surface area contributed by atoms with Crippen LogP contribution in [0.4, 0.5) is 0 Å². The Hall–Kier alpha value is -1.61. The fourth-order valence-electron chi connectivity index (χ4n) is 3.27. The largest absolute Gasteiger partial charge is 0.350 e. The van der Waals surface area contributed by atoms with Crippen molar-refractivity contribution in [1.82, 2.24) is 5.32 Å². The predicted molar refractivity (Wildman–Crippen MR) is 97.2 cm³/mol. The maximum Gasteiger partial charge on any atom is 0.252 e. The highest BCUT2D eigenvalue weighted by Gasteiger charge is 2.23. The first-order valence-corrected chi connectivity index (χ1v) is 9.45. The van der Waals surface area contributed by atoms with E-state index in [-0.39, 0.29) is 11.9 Å². The van der Waals surface area contributed by atoms with E-state index in [9.17, 15) is 4.79 Å². The molecule has 0 radical (unpaired) electrons. The molecule has 0 saturated heterocycles. The second-order valence-corrected chi connectivity index (χ2v) is 7.76. The number of nitrogens with one attached hydrogen (secondary N) is 1. The molecule has 2 atom stereocenters. The Morgan fingerprint density at radius 1 is 1.35 bits per heavy atom. The van der Waals surface area contributed by atoms with Crippen molar-refractivity contribution in [2.45, 2.75) is 52.0 Å². The van der Waals surface area contributed by atoms with Crippen LogP contribution >= 0.6 is 11.3 Å². The first-order chi connectivity index (χ1) is 11.1. The average molecular weight is 327 g/mol. The molecule has 1 amide bonds. The van der Waals surface area contributed by atoms with Crippen LogP contribution in [0.15, 0.2) is 35.7 Å². The van der Waals surface area contributed by atoms with Gasteiger partial charge in [0.25, 0.3) is 5.91 Å². The van der Waals surface area contributed by atoms with Crippen LogP contribution in [0.3, 0.4) is 0 Å². The van der Waals surface area contributed by atoms with E-state index in [0.717, 1.165) is 37.2 Å². The smallest absolute Gasteiger partial charge is 0.252 e. The molecular weight excluding hydrogens is 302 g/mol. The lowest BCUT2D eigenvalue weighted by molar-refractivity contribution is 0.0937. The van der Waals surface area contributed by atoms with Gasteiger partial charge in [0.05, 0.1) is 5.56 Å². The van der Waals surface area contributed by atoms with Gasteiger partial charge < -0.3 is 5.32 Å². The van der Waals surface area contributed by atoms with Gasteiger partial charge in [-0.1, -0.05) is 37.3 Å². The monoisotopic (exact) mass is 327 g/mol. The number of hydrogen-bond donors (Lipinski definition) is 1. The van der Waals surface area contributed by atoms with Gasteiger partial charge in [-0.25, -0.2) is 0 Å². The predicted octanol–water partition coefficient (Wildman–Crippen LogP) is 4.62. The summed E-state index contributed by atoms with van der Waals surface area (Å²) in [6, 6.07) is 10.7. The molecule has 0 aliphatic heterocycles. The summed E-state index contributed by atoms with van der Waals surface area (Å²) in [5.41, 5.74) is 3.56. The Kier molecular flexibility index (Phi) is 5.16. The highest BCUT2D eigenvalue weighted by molar-refractivity contribution is 7.10.